The highest BCUT2D eigenvalue weighted by molar-refractivity contribution is 9.10. The van der Waals surface area contributed by atoms with Crippen LogP contribution in [0.1, 0.15) is 0 Å². The third-order valence-corrected chi connectivity index (χ3v) is 3.57. The molecule has 1 aromatic carbocycles. The van der Waals surface area contributed by atoms with Gasteiger partial charge in [-0.05, 0) is 39.5 Å². The molecule has 0 fully saturated rings. The van der Waals surface area contributed by atoms with Crippen molar-refractivity contribution in [3.8, 4) is 5.75 Å². The molecule has 0 aliphatic heterocycles. The van der Waals surface area contributed by atoms with Crippen molar-refractivity contribution < 1.29 is 9.47 Å². The summed E-state index contributed by atoms with van der Waals surface area (Å²) in [6.07, 6.45) is 0. The average molecular weight is 273 g/mol. The lowest BCUT2D eigenvalue weighted by Gasteiger charge is -2.07. The fourth-order valence-corrected chi connectivity index (χ4v) is 2.74. The van der Waals surface area contributed by atoms with Gasteiger partial charge in [0.15, 0.2) is 6.79 Å². The van der Waals surface area contributed by atoms with Crippen LogP contribution in [0.3, 0.4) is 0 Å². The highest BCUT2D eigenvalue weighted by atomic mass is 79.9. The molecule has 0 N–H and O–H groups in total. The first-order chi connectivity index (χ1) is 6.83. The van der Waals surface area contributed by atoms with Crippen LogP contribution in [-0.4, -0.2) is 13.9 Å². The standard InChI is InChI=1S/C10H9BrO2S/c1-12-6-13-8-2-3-9-7(10(8)11)4-5-14-9/h2-5H,6H2,1H3. The molecule has 2 aromatic rings. The van der Waals surface area contributed by atoms with Crippen LogP contribution >= 0.6 is 27.3 Å². The molecule has 1 aromatic heterocycles. The lowest BCUT2D eigenvalue weighted by molar-refractivity contribution is 0.0507. The van der Waals surface area contributed by atoms with Crippen molar-refractivity contribution in [1.29, 1.82) is 0 Å². The van der Waals surface area contributed by atoms with Gasteiger partial charge in [-0.2, -0.15) is 0 Å². The van der Waals surface area contributed by atoms with Gasteiger partial charge >= 0.3 is 0 Å². The molecule has 0 aliphatic carbocycles. The van der Waals surface area contributed by atoms with Gasteiger partial charge in [0.05, 0.1) is 4.47 Å². The van der Waals surface area contributed by atoms with E-state index in [2.05, 4.69) is 33.4 Å². The zero-order valence-corrected chi connectivity index (χ0v) is 10.0. The molecule has 0 unspecified atom stereocenters. The SMILES string of the molecule is COCOc1ccc2sccc2c1Br. The molecule has 1 heterocycles. The maximum absolute atomic E-state index is 5.40. The molecule has 2 rings (SSSR count). The number of halogens is 1. The fraction of sp³-hybridized carbons (Fsp3) is 0.200. The lowest BCUT2D eigenvalue weighted by Crippen LogP contribution is -1.99. The van der Waals surface area contributed by atoms with E-state index in [1.54, 1.807) is 18.4 Å². The second kappa shape index (κ2) is 4.29. The van der Waals surface area contributed by atoms with Crippen LogP contribution in [0, 0.1) is 0 Å². The summed E-state index contributed by atoms with van der Waals surface area (Å²) in [4.78, 5) is 0. The predicted octanol–water partition coefficient (Wildman–Crippen LogP) is 3.65. The second-order valence-corrected chi connectivity index (χ2v) is 4.50. The Balaban J connectivity index is 2.40. The maximum atomic E-state index is 5.40. The average Bonchev–Trinajstić information content (AvgIpc) is 2.66. The van der Waals surface area contributed by atoms with Gasteiger partial charge in [-0.25, -0.2) is 0 Å². The number of thiophene rings is 1. The smallest absolute Gasteiger partial charge is 0.188 e. The minimum absolute atomic E-state index is 0.272. The van der Waals surface area contributed by atoms with Crippen LogP contribution in [0.15, 0.2) is 28.1 Å². The number of rotatable bonds is 3. The molecule has 74 valence electrons. The Hall–Kier alpha value is -0.580. The summed E-state index contributed by atoms with van der Waals surface area (Å²) in [5.74, 6) is 0.817. The van der Waals surface area contributed by atoms with E-state index in [1.165, 1.54) is 10.1 Å². The number of ether oxygens (including phenoxy) is 2. The summed E-state index contributed by atoms with van der Waals surface area (Å²) in [5, 5.41) is 3.25. The molecule has 0 saturated heterocycles. The molecule has 0 spiro atoms. The Labute approximate surface area is 94.6 Å². The van der Waals surface area contributed by atoms with Gasteiger partial charge in [-0.15, -0.1) is 11.3 Å². The number of hydrogen-bond acceptors (Lipinski definition) is 3. The Morgan fingerprint density at radius 2 is 2.21 bits per heavy atom. The second-order valence-electron chi connectivity index (χ2n) is 2.76. The van der Waals surface area contributed by atoms with Gasteiger partial charge in [0.1, 0.15) is 5.75 Å². The van der Waals surface area contributed by atoms with Gasteiger partial charge in [0.2, 0.25) is 0 Å². The Morgan fingerprint density at radius 1 is 1.36 bits per heavy atom. The van der Waals surface area contributed by atoms with Gasteiger partial charge < -0.3 is 9.47 Å². The van der Waals surface area contributed by atoms with E-state index in [9.17, 15) is 0 Å². The molecule has 14 heavy (non-hydrogen) atoms. The van der Waals surface area contributed by atoms with Gasteiger partial charge in [-0.3, -0.25) is 0 Å². The van der Waals surface area contributed by atoms with E-state index in [1.807, 2.05) is 6.07 Å². The maximum Gasteiger partial charge on any atom is 0.188 e. The zero-order valence-electron chi connectivity index (χ0n) is 7.62. The number of benzene rings is 1. The van der Waals surface area contributed by atoms with E-state index in [0.29, 0.717) is 0 Å². The summed E-state index contributed by atoms with van der Waals surface area (Å²) in [5.41, 5.74) is 0. The molecule has 2 nitrogen and oxygen atoms in total. The van der Waals surface area contributed by atoms with Crippen LogP contribution in [0.5, 0.6) is 5.75 Å². The third kappa shape index (κ3) is 1.78. The summed E-state index contributed by atoms with van der Waals surface area (Å²) in [6, 6.07) is 6.07. The van der Waals surface area contributed by atoms with Gasteiger partial charge in [0, 0.05) is 17.2 Å². The first kappa shape index (κ1) is 9.96. The van der Waals surface area contributed by atoms with E-state index < -0.39 is 0 Å². The molecule has 0 aliphatic rings. The van der Waals surface area contributed by atoms with E-state index in [-0.39, 0.29) is 6.79 Å². The highest BCUT2D eigenvalue weighted by Gasteiger charge is 2.06. The van der Waals surface area contributed by atoms with E-state index >= 15 is 0 Å². The molecule has 0 bridgehead atoms. The fourth-order valence-electron chi connectivity index (χ4n) is 1.22. The normalized spacial score (nSPS) is 10.7. The van der Waals surface area contributed by atoms with Crippen molar-refractivity contribution in [2.45, 2.75) is 0 Å². The highest BCUT2D eigenvalue weighted by Crippen LogP contribution is 2.35. The zero-order chi connectivity index (χ0) is 9.97. The Bertz CT molecular complexity index is 439. The van der Waals surface area contributed by atoms with Crippen molar-refractivity contribution in [2.24, 2.45) is 0 Å². The third-order valence-electron chi connectivity index (χ3n) is 1.87. The molecule has 0 amide bonds. The van der Waals surface area contributed by atoms with E-state index in [0.717, 1.165) is 10.2 Å². The van der Waals surface area contributed by atoms with Crippen LogP contribution in [0.2, 0.25) is 0 Å². The monoisotopic (exact) mass is 272 g/mol. The molecule has 0 radical (unpaired) electrons. The summed E-state index contributed by atoms with van der Waals surface area (Å²) in [7, 11) is 1.61. The van der Waals surface area contributed by atoms with Crippen molar-refractivity contribution in [3.05, 3.63) is 28.1 Å². The van der Waals surface area contributed by atoms with Crippen molar-refractivity contribution >= 4 is 37.4 Å². The van der Waals surface area contributed by atoms with Crippen LogP contribution in [-0.2, 0) is 4.74 Å². The molecule has 0 saturated carbocycles. The summed E-state index contributed by atoms with van der Waals surface area (Å²) in [6.45, 7) is 0.272. The first-order valence-electron chi connectivity index (χ1n) is 4.10. The predicted molar refractivity (Wildman–Crippen MR) is 62.0 cm³/mol. The first-order valence-corrected chi connectivity index (χ1v) is 5.77. The number of hydrogen-bond donors (Lipinski definition) is 0. The van der Waals surface area contributed by atoms with Crippen LogP contribution < -0.4 is 4.74 Å². The summed E-state index contributed by atoms with van der Waals surface area (Å²) < 4.78 is 12.5. The van der Waals surface area contributed by atoms with Gasteiger partial charge in [0.25, 0.3) is 0 Å². The quantitative estimate of drug-likeness (QED) is 0.795. The van der Waals surface area contributed by atoms with Crippen molar-refractivity contribution in [1.82, 2.24) is 0 Å². The number of methoxy groups -OCH3 is 1. The Kier molecular flexibility index (Phi) is 3.05. The Morgan fingerprint density at radius 3 is 3.00 bits per heavy atom. The molecule has 4 heteroatoms. The van der Waals surface area contributed by atoms with Crippen LogP contribution in [0.25, 0.3) is 10.1 Å². The van der Waals surface area contributed by atoms with E-state index in [4.69, 9.17) is 9.47 Å². The molecular formula is C10H9BrO2S. The topological polar surface area (TPSA) is 18.5 Å². The molecule has 0 atom stereocenters. The largest absolute Gasteiger partial charge is 0.466 e. The molecular weight excluding hydrogens is 264 g/mol. The lowest BCUT2D eigenvalue weighted by atomic mass is 10.2. The van der Waals surface area contributed by atoms with Gasteiger partial charge in [-0.1, -0.05) is 0 Å². The van der Waals surface area contributed by atoms with Crippen LogP contribution in [0.4, 0.5) is 0 Å². The van der Waals surface area contributed by atoms with Crippen molar-refractivity contribution in [3.63, 3.8) is 0 Å². The summed E-state index contributed by atoms with van der Waals surface area (Å²) >= 11 is 5.23. The minimum atomic E-state index is 0.272. The van der Waals surface area contributed by atoms with Crippen molar-refractivity contribution in [2.75, 3.05) is 13.9 Å². The number of fused-ring (bicyclic) bond motifs is 1. The minimum Gasteiger partial charge on any atom is -0.466 e.